The molecule has 0 aliphatic carbocycles. The van der Waals surface area contributed by atoms with E-state index in [-0.39, 0.29) is 23.5 Å². The molecule has 2 aromatic carbocycles. The summed E-state index contributed by atoms with van der Waals surface area (Å²) in [6.07, 6.45) is 2.63. The van der Waals surface area contributed by atoms with Gasteiger partial charge in [0.25, 0.3) is 5.91 Å². The number of amides is 1. The van der Waals surface area contributed by atoms with E-state index in [2.05, 4.69) is 26.0 Å². The number of carbonyl (C=O) groups is 1. The Kier molecular flexibility index (Phi) is 7.87. The van der Waals surface area contributed by atoms with Gasteiger partial charge in [-0.1, -0.05) is 6.92 Å². The summed E-state index contributed by atoms with van der Waals surface area (Å²) in [7, 11) is -3.63. The second kappa shape index (κ2) is 10.4. The maximum Gasteiger partial charge on any atom is 0.255 e. The van der Waals surface area contributed by atoms with Gasteiger partial charge in [-0.15, -0.1) is 0 Å². The molecule has 1 saturated heterocycles. The van der Waals surface area contributed by atoms with E-state index in [1.165, 1.54) is 12.1 Å². The molecule has 2 aromatic rings. The Hall–Kier alpha value is -1.94. The molecule has 9 heteroatoms. The average Bonchev–Trinajstić information content (AvgIpc) is 3.25. The maximum atomic E-state index is 12.5. The molecule has 3 rings (SSSR count). The molecule has 1 aliphatic heterocycles. The molecule has 1 amide bonds. The zero-order chi connectivity index (χ0) is 21.6. The molecule has 0 spiro atoms. The number of carbonyl (C=O) groups excluding carboxylic acids is 1. The van der Waals surface area contributed by atoms with Gasteiger partial charge < -0.3 is 14.8 Å². The number of nitrogens with one attached hydrogen (secondary N) is 2. The highest BCUT2D eigenvalue weighted by Crippen LogP contribution is 2.26. The van der Waals surface area contributed by atoms with Crippen molar-refractivity contribution in [2.75, 3.05) is 25.1 Å². The first kappa shape index (κ1) is 22.7. The number of sulfonamides is 1. The van der Waals surface area contributed by atoms with Gasteiger partial charge in [-0.3, -0.25) is 4.79 Å². The minimum atomic E-state index is -3.63. The molecule has 7 nitrogen and oxygen atoms in total. The van der Waals surface area contributed by atoms with E-state index in [1.807, 2.05) is 6.92 Å². The molecule has 1 heterocycles. The third-order valence-electron chi connectivity index (χ3n) is 4.60. The third kappa shape index (κ3) is 6.04. The van der Waals surface area contributed by atoms with Gasteiger partial charge in [0, 0.05) is 24.4 Å². The monoisotopic (exact) mass is 496 g/mol. The van der Waals surface area contributed by atoms with Crippen molar-refractivity contribution in [2.45, 2.75) is 37.2 Å². The minimum Gasteiger partial charge on any atom is -0.492 e. The molecule has 1 unspecified atom stereocenters. The van der Waals surface area contributed by atoms with Gasteiger partial charge in [-0.2, -0.15) is 0 Å². The summed E-state index contributed by atoms with van der Waals surface area (Å²) < 4.78 is 39.1. The predicted molar refractivity (Wildman–Crippen MR) is 118 cm³/mol. The minimum absolute atomic E-state index is 0.0728. The Balaban J connectivity index is 1.60. The van der Waals surface area contributed by atoms with Crippen LogP contribution in [0.25, 0.3) is 0 Å². The number of rotatable bonds is 9. The van der Waals surface area contributed by atoms with Crippen molar-refractivity contribution in [3.63, 3.8) is 0 Å². The lowest BCUT2D eigenvalue weighted by Gasteiger charge is -2.12. The summed E-state index contributed by atoms with van der Waals surface area (Å²) in [6, 6.07) is 11.2. The van der Waals surface area contributed by atoms with Crippen LogP contribution in [0.15, 0.2) is 51.8 Å². The molecule has 1 atom stereocenters. The largest absolute Gasteiger partial charge is 0.492 e. The lowest BCUT2D eigenvalue weighted by atomic mass is 10.2. The Morgan fingerprint density at radius 1 is 1.23 bits per heavy atom. The summed E-state index contributed by atoms with van der Waals surface area (Å²) in [4.78, 5) is 12.6. The Bertz CT molecular complexity index is 973. The van der Waals surface area contributed by atoms with E-state index in [9.17, 15) is 13.2 Å². The van der Waals surface area contributed by atoms with E-state index >= 15 is 0 Å². The first-order valence-corrected chi connectivity index (χ1v) is 12.1. The van der Waals surface area contributed by atoms with Crippen molar-refractivity contribution in [3.05, 3.63) is 52.5 Å². The summed E-state index contributed by atoms with van der Waals surface area (Å²) in [6.45, 7) is 3.55. The zero-order valence-corrected chi connectivity index (χ0v) is 19.1. The van der Waals surface area contributed by atoms with E-state index < -0.39 is 10.0 Å². The molecular weight excluding hydrogens is 472 g/mol. The zero-order valence-electron chi connectivity index (χ0n) is 16.7. The SMILES string of the molecule is CCCOc1ccc(C(=O)Nc2ccc(S(=O)(=O)NCC3CCCO3)cc2)cc1Br. The van der Waals surface area contributed by atoms with Gasteiger partial charge in [0.05, 0.1) is 22.1 Å². The summed E-state index contributed by atoms with van der Waals surface area (Å²) in [5.41, 5.74) is 0.959. The van der Waals surface area contributed by atoms with Crippen LogP contribution in [0.1, 0.15) is 36.5 Å². The topological polar surface area (TPSA) is 93.7 Å². The van der Waals surface area contributed by atoms with E-state index in [4.69, 9.17) is 9.47 Å². The molecule has 162 valence electrons. The van der Waals surface area contributed by atoms with E-state index in [0.717, 1.165) is 19.3 Å². The summed E-state index contributed by atoms with van der Waals surface area (Å²) >= 11 is 3.41. The smallest absolute Gasteiger partial charge is 0.255 e. The predicted octanol–water partition coefficient (Wildman–Crippen LogP) is 3.95. The van der Waals surface area contributed by atoms with E-state index in [0.29, 0.717) is 34.7 Å². The number of benzene rings is 2. The Labute approximate surface area is 185 Å². The van der Waals surface area contributed by atoms with Crippen LogP contribution >= 0.6 is 15.9 Å². The van der Waals surface area contributed by atoms with Gasteiger partial charge >= 0.3 is 0 Å². The molecule has 2 N–H and O–H groups in total. The van der Waals surface area contributed by atoms with Gasteiger partial charge in [-0.25, -0.2) is 13.1 Å². The molecule has 0 radical (unpaired) electrons. The first-order valence-electron chi connectivity index (χ1n) is 9.84. The van der Waals surface area contributed by atoms with Crippen molar-refractivity contribution < 1.29 is 22.7 Å². The van der Waals surface area contributed by atoms with Crippen molar-refractivity contribution in [3.8, 4) is 5.75 Å². The quantitative estimate of drug-likeness (QED) is 0.548. The molecule has 30 heavy (non-hydrogen) atoms. The fourth-order valence-corrected chi connectivity index (χ4v) is 4.54. The number of hydrogen-bond donors (Lipinski definition) is 2. The Morgan fingerprint density at radius 3 is 2.63 bits per heavy atom. The lowest BCUT2D eigenvalue weighted by Crippen LogP contribution is -2.31. The fourth-order valence-electron chi connectivity index (χ4n) is 2.98. The third-order valence-corrected chi connectivity index (χ3v) is 6.66. The number of anilines is 1. The molecule has 0 aromatic heterocycles. The highest BCUT2D eigenvalue weighted by Gasteiger charge is 2.20. The molecule has 1 fully saturated rings. The number of halogens is 1. The maximum absolute atomic E-state index is 12.5. The summed E-state index contributed by atoms with van der Waals surface area (Å²) in [5.74, 6) is 0.378. The standard InChI is InChI=1S/C21H25BrN2O5S/c1-2-11-29-20-10-5-15(13-19(20)22)21(25)24-16-6-8-18(9-7-16)30(26,27)23-14-17-4-3-12-28-17/h5-10,13,17,23H,2-4,11-12,14H2,1H3,(H,24,25). The van der Waals surface area contributed by atoms with Crippen molar-refractivity contribution in [1.82, 2.24) is 4.72 Å². The van der Waals surface area contributed by atoms with Gasteiger partial charge in [0.15, 0.2) is 0 Å². The van der Waals surface area contributed by atoms with Crippen molar-refractivity contribution in [2.24, 2.45) is 0 Å². The first-order chi connectivity index (χ1) is 14.4. The summed E-state index contributed by atoms with van der Waals surface area (Å²) in [5, 5.41) is 2.77. The average molecular weight is 497 g/mol. The van der Waals surface area contributed by atoms with Gasteiger partial charge in [0.2, 0.25) is 10.0 Å². The molecule has 1 aliphatic rings. The second-order valence-corrected chi connectivity index (χ2v) is 9.58. The van der Waals surface area contributed by atoms with Crippen LogP contribution < -0.4 is 14.8 Å². The van der Waals surface area contributed by atoms with Crippen molar-refractivity contribution >= 4 is 37.5 Å². The second-order valence-electron chi connectivity index (χ2n) is 6.96. The van der Waals surface area contributed by atoms with Gasteiger partial charge in [-0.05, 0) is 77.7 Å². The van der Waals surface area contributed by atoms with Crippen LogP contribution in [0.5, 0.6) is 5.75 Å². The molecule has 0 bridgehead atoms. The Morgan fingerprint density at radius 2 is 2.00 bits per heavy atom. The van der Waals surface area contributed by atoms with E-state index in [1.54, 1.807) is 30.3 Å². The highest BCUT2D eigenvalue weighted by molar-refractivity contribution is 9.10. The molecule has 0 saturated carbocycles. The number of ether oxygens (including phenoxy) is 2. The highest BCUT2D eigenvalue weighted by atomic mass is 79.9. The molecular formula is C21H25BrN2O5S. The van der Waals surface area contributed by atoms with Crippen LogP contribution in [-0.4, -0.2) is 40.2 Å². The normalized spacial score (nSPS) is 16.4. The van der Waals surface area contributed by atoms with Crippen LogP contribution in [-0.2, 0) is 14.8 Å². The lowest BCUT2D eigenvalue weighted by molar-refractivity contribution is 0.102. The fraction of sp³-hybridized carbons (Fsp3) is 0.381. The van der Waals surface area contributed by atoms with Crippen LogP contribution in [0.3, 0.4) is 0 Å². The van der Waals surface area contributed by atoms with Crippen LogP contribution in [0, 0.1) is 0 Å². The van der Waals surface area contributed by atoms with Gasteiger partial charge in [0.1, 0.15) is 5.75 Å². The van der Waals surface area contributed by atoms with Crippen LogP contribution in [0.4, 0.5) is 5.69 Å². The van der Waals surface area contributed by atoms with Crippen LogP contribution in [0.2, 0.25) is 0 Å². The van der Waals surface area contributed by atoms with Crippen molar-refractivity contribution in [1.29, 1.82) is 0 Å². The number of hydrogen-bond acceptors (Lipinski definition) is 5.